The Balaban J connectivity index is 0.00000144. The van der Waals surface area contributed by atoms with E-state index in [9.17, 15) is 4.79 Å². The van der Waals surface area contributed by atoms with E-state index >= 15 is 0 Å². The normalized spacial score (nSPS) is 8.77. The lowest BCUT2D eigenvalue weighted by Gasteiger charge is -1.98. The van der Waals surface area contributed by atoms with E-state index in [2.05, 4.69) is 25.7 Å². The fourth-order valence-electron chi connectivity index (χ4n) is 0.791. The van der Waals surface area contributed by atoms with Gasteiger partial charge >= 0.3 is 5.97 Å². The number of esters is 1. The minimum atomic E-state index is -0.255. The molecule has 0 saturated heterocycles. The minimum absolute atomic E-state index is 0. The molecule has 0 aliphatic rings. The molecule has 0 bridgehead atoms. The van der Waals surface area contributed by atoms with Crippen LogP contribution in [-0.2, 0) is 16.0 Å². The molecule has 1 aromatic heterocycles. The molecule has 72 valence electrons. The van der Waals surface area contributed by atoms with Crippen LogP contribution in [-0.4, -0.2) is 18.1 Å². The van der Waals surface area contributed by atoms with Crippen molar-refractivity contribution in [3.8, 4) is 0 Å². The van der Waals surface area contributed by atoms with Gasteiger partial charge in [0.05, 0.1) is 13.5 Å². The fraction of sp³-hybridized carbons (Fsp3) is 0.250. The van der Waals surface area contributed by atoms with Crippen molar-refractivity contribution in [3.63, 3.8) is 0 Å². The zero-order valence-corrected chi connectivity index (χ0v) is 9.39. The first-order valence-corrected chi connectivity index (χ1v) is 4.18. The minimum Gasteiger partial charge on any atom is -0.469 e. The van der Waals surface area contributed by atoms with Crippen LogP contribution in [0.1, 0.15) is 5.56 Å². The number of carbonyl (C=O) groups excluding carboxylic acids is 1. The molecule has 5 heteroatoms. The second-order valence-corrected chi connectivity index (χ2v) is 3.18. The summed E-state index contributed by atoms with van der Waals surface area (Å²) in [5.74, 6) is -0.255. The van der Waals surface area contributed by atoms with Crippen LogP contribution in [0, 0.1) is 0 Å². The van der Waals surface area contributed by atoms with Crippen molar-refractivity contribution in [1.29, 1.82) is 0 Å². The Morgan fingerprint density at radius 2 is 2.31 bits per heavy atom. The average Bonchev–Trinajstić information content (AvgIpc) is 2.04. The lowest BCUT2D eigenvalue weighted by atomic mass is 10.2. The SMILES string of the molecule is COC(=O)Cc1cncc(Br)c1.Cl. The molecule has 0 atom stereocenters. The summed E-state index contributed by atoms with van der Waals surface area (Å²) in [4.78, 5) is 14.7. The quantitative estimate of drug-likeness (QED) is 0.769. The van der Waals surface area contributed by atoms with E-state index in [0.29, 0.717) is 0 Å². The molecule has 1 heterocycles. The second-order valence-electron chi connectivity index (χ2n) is 2.26. The third-order valence-electron chi connectivity index (χ3n) is 1.34. The second kappa shape index (κ2) is 5.94. The zero-order chi connectivity index (χ0) is 8.97. The van der Waals surface area contributed by atoms with Gasteiger partial charge in [-0.3, -0.25) is 9.78 Å². The molecule has 3 nitrogen and oxygen atoms in total. The zero-order valence-electron chi connectivity index (χ0n) is 6.99. The summed E-state index contributed by atoms with van der Waals surface area (Å²) >= 11 is 3.26. The van der Waals surface area contributed by atoms with E-state index in [4.69, 9.17) is 0 Å². The van der Waals surface area contributed by atoms with Crippen molar-refractivity contribution in [2.45, 2.75) is 6.42 Å². The molecule has 0 fully saturated rings. The first-order chi connectivity index (χ1) is 5.72. The number of ether oxygens (including phenoxy) is 1. The van der Waals surface area contributed by atoms with Gasteiger partial charge in [-0.1, -0.05) is 0 Å². The maximum Gasteiger partial charge on any atom is 0.310 e. The van der Waals surface area contributed by atoms with Gasteiger partial charge in [0.15, 0.2) is 0 Å². The van der Waals surface area contributed by atoms with Crippen LogP contribution in [0.25, 0.3) is 0 Å². The Bertz CT molecular complexity index is 293. The van der Waals surface area contributed by atoms with E-state index in [1.807, 2.05) is 6.07 Å². The molecule has 0 saturated carbocycles. The molecular weight excluding hydrogens is 257 g/mol. The van der Waals surface area contributed by atoms with E-state index in [1.165, 1.54) is 7.11 Å². The number of carbonyl (C=O) groups is 1. The first kappa shape index (κ1) is 12.4. The molecule has 1 aromatic rings. The monoisotopic (exact) mass is 265 g/mol. The average molecular weight is 267 g/mol. The van der Waals surface area contributed by atoms with E-state index in [-0.39, 0.29) is 24.8 Å². The van der Waals surface area contributed by atoms with Crippen LogP contribution in [0.15, 0.2) is 22.9 Å². The number of rotatable bonds is 2. The fourth-order valence-corrected chi connectivity index (χ4v) is 1.20. The Labute approximate surface area is 91.0 Å². The van der Waals surface area contributed by atoms with E-state index < -0.39 is 0 Å². The van der Waals surface area contributed by atoms with Gasteiger partial charge < -0.3 is 4.74 Å². The highest BCUT2D eigenvalue weighted by atomic mass is 79.9. The van der Waals surface area contributed by atoms with Crippen LogP contribution in [0.5, 0.6) is 0 Å². The summed E-state index contributed by atoms with van der Waals surface area (Å²) in [5.41, 5.74) is 0.844. The molecule has 13 heavy (non-hydrogen) atoms. The maximum atomic E-state index is 10.8. The number of halogens is 2. The number of hydrogen-bond acceptors (Lipinski definition) is 3. The topological polar surface area (TPSA) is 39.2 Å². The molecule has 0 unspecified atom stereocenters. The highest BCUT2D eigenvalue weighted by molar-refractivity contribution is 9.10. The summed E-state index contributed by atoms with van der Waals surface area (Å²) in [6, 6.07) is 1.84. The van der Waals surface area contributed by atoms with Gasteiger partial charge in [0.25, 0.3) is 0 Å². The highest BCUT2D eigenvalue weighted by Gasteiger charge is 2.02. The first-order valence-electron chi connectivity index (χ1n) is 3.38. The Hall–Kier alpha value is -0.610. The van der Waals surface area contributed by atoms with Crippen molar-refractivity contribution in [1.82, 2.24) is 4.98 Å². The molecule has 0 aliphatic carbocycles. The van der Waals surface area contributed by atoms with Crippen LogP contribution in [0.2, 0.25) is 0 Å². The number of aromatic nitrogens is 1. The lowest BCUT2D eigenvalue weighted by molar-refractivity contribution is -0.139. The molecule has 0 N–H and O–H groups in total. The molecular formula is C8H9BrClNO2. The molecule has 1 rings (SSSR count). The Kier molecular flexibility index (Phi) is 5.66. The van der Waals surface area contributed by atoms with Gasteiger partial charge in [0.2, 0.25) is 0 Å². The van der Waals surface area contributed by atoms with Crippen LogP contribution in [0.3, 0.4) is 0 Å². The van der Waals surface area contributed by atoms with E-state index in [1.54, 1.807) is 12.4 Å². The van der Waals surface area contributed by atoms with Crippen LogP contribution >= 0.6 is 28.3 Å². The van der Waals surface area contributed by atoms with Crippen molar-refractivity contribution >= 4 is 34.3 Å². The van der Waals surface area contributed by atoms with Crippen molar-refractivity contribution in [2.24, 2.45) is 0 Å². The Morgan fingerprint density at radius 1 is 1.62 bits per heavy atom. The summed E-state index contributed by atoms with van der Waals surface area (Å²) in [6.07, 6.45) is 3.57. The summed E-state index contributed by atoms with van der Waals surface area (Å²) in [5, 5.41) is 0. The number of hydrogen-bond donors (Lipinski definition) is 0. The lowest BCUT2D eigenvalue weighted by Crippen LogP contribution is -2.04. The van der Waals surface area contributed by atoms with Crippen molar-refractivity contribution in [3.05, 3.63) is 28.5 Å². The number of methoxy groups -OCH3 is 1. The van der Waals surface area contributed by atoms with Gasteiger partial charge in [-0.05, 0) is 27.6 Å². The molecule has 0 aliphatic heterocycles. The summed E-state index contributed by atoms with van der Waals surface area (Å²) in [7, 11) is 1.37. The van der Waals surface area contributed by atoms with Gasteiger partial charge in [-0.25, -0.2) is 0 Å². The van der Waals surface area contributed by atoms with Crippen LogP contribution in [0.4, 0.5) is 0 Å². The van der Waals surface area contributed by atoms with Gasteiger partial charge in [0.1, 0.15) is 0 Å². The van der Waals surface area contributed by atoms with Crippen molar-refractivity contribution in [2.75, 3.05) is 7.11 Å². The van der Waals surface area contributed by atoms with Crippen molar-refractivity contribution < 1.29 is 9.53 Å². The van der Waals surface area contributed by atoms with E-state index in [0.717, 1.165) is 10.0 Å². The predicted octanol–water partition coefficient (Wildman–Crippen LogP) is 1.98. The van der Waals surface area contributed by atoms with Crippen LogP contribution < -0.4 is 0 Å². The predicted molar refractivity (Wildman–Crippen MR) is 54.9 cm³/mol. The third-order valence-corrected chi connectivity index (χ3v) is 1.77. The number of pyridine rings is 1. The molecule has 0 spiro atoms. The van der Waals surface area contributed by atoms with Gasteiger partial charge in [-0.15, -0.1) is 12.4 Å². The Morgan fingerprint density at radius 3 is 2.85 bits per heavy atom. The standard InChI is InChI=1S/C8H8BrNO2.ClH/c1-12-8(11)3-6-2-7(9)5-10-4-6;/h2,4-5H,3H2,1H3;1H. The molecule has 0 radical (unpaired) electrons. The smallest absolute Gasteiger partial charge is 0.310 e. The molecule has 0 aromatic carbocycles. The summed E-state index contributed by atoms with van der Waals surface area (Å²) < 4.78 is 5.38. The third kappa shape index (κ3) is 4.24. The largest absolute Gasteiger partial charge is 0.469 e. The number of nitrogens with zero attached hydrogens (tertiary/aromatic N) is 1. The maximum absolute atomic E-state index is 10.8. The van der Waals surface area contributed by atoms with Gasteiger partial charge in [0, 0.05) is 16.9 Å². The summed E-state index contributed by atoms with van der Waals surface area (Å²) in [6.45, 7) is 0. The highest BCUT2D eigenvalue weighted by Crippen LogP contribution is 2.09. The molecule has 0 amide bonds. The van der Waals surface area contributed by atoms with Gasteiger partial charge in [-0.2, -0.15) is 0 Å².